The standard InChI is InChI=1S/C17H26N2O3/c1-5-19(12-16(20)18-13(2)3)17(21)11-8-14-6-9-15(22-4)10-7-14/h6-7,9-10,13H,5,8,11-12H2,1-4H3,(H,18,20). The highest BCUT2D eigenvalue weighted by Crippen LogP contribution is 2.13. The van der Waals surface area contributed by atoms with Gasteiger partial charge in [0.1, 0.15) is 5.75 Å². The van der Waals surface area contributed by atoms with Gasteiger partial charge in [0.05, 0.1) is 13.7 Å². The van der Waals surface area contributed by atoms with Crippen LogP contribution in [0.25, 0.3) is 0 Å². The number of nitrogens with zero attached hydrogens (tertiary/aromatic N) is 1. The summed E-state index contributed by atoms with van der Waals surface area (Å²) in [5.74, 6) is 0.683. The Kier molecular flexibility index (Phi) is 7.43. The molecule has 122 valence electrons. The number of carbonyl (C=O) groups is 2. The van der Waals surface area contributed by atoms with Crippen molar-refractivity contribution in [3.8, 4) is 5.75 Å². The largest absolute Gasteiger partial charge is 0.497 e. The van der Waals surface area contributed by atoms with Gasteiger partial charge < -0.3 is 15.0 Å². The number of benzene rings is 1. The molecule has 0 aliphatic rings. The maximum atomic E-state index is 12.2. The molecule has 0 heterocycles. The lowest BCUT2D eigenvalue weighted by Gasteiger charge is -2.21. The first kappa shape index (κ1) is 18.0. The Morgan fingerprint density at radius 3 is 2.36 bits per heavy atom. The smallest absolute Gasteiger partial charge is 0.239 e. The number of likely N-dealkylation sites (N-methyl/N-ethyl adjacent to an activating group) is 1. The topological polar surface area (TPSA) is 58.6 Å². The third kappa shape index (κ3) is 6.16. The molecule has 0 fully saturated rings. The van der Waals surface area contributed by atoms with Gasteiger partial charge in [-0.15, -0.1) is 0 Å². The minimum atomic E-state index is -0.116. The molecule has 0 aromatic heterocycles. The van der Waals surface area contributed by atoms with Crippen LogP contribution in [0.3, 0.4) is 0 Å². The van der Waals surface area contributed by atoms with Crippen molar-refractivity contribution in [3.05, 3.63) is 29.8 Å². The summed E-state index contributed by atoms with van der Waals surface area (Å²) in [5, 5.41) is 2.80. The Balaban J connectivity index is 2.48. The zero-order chi connectivity index (χ0) is 16.5. The first-order chi connectivity index (χ1) is 10.5. The lowest BCUT2D eigenvalue weighted by atomic mass is 10.1. The minimum Gasteiger partial charge on any atom is -0.497 e. The molecule has 1 aromatic carbocycles. The molecule has 0 aliphatic heterocycles. The van der Waals surface area contributed by atoms with Crippen molar-refractivity contribution < 1.29 is 14.3 Å². The second-order valence-corrected chi connectivity index (χ2v) is 5.48. The van der Waals surface area contributed by atoms with Crippen LogP contribution in [-0.2, 0) is 16.0 Å². The van der Waals surface area contributed by atoms with Crippen LogP contribution in [0.5, 0.6) is 5.75 Å². The van der Waals surface area contributed by atoms with Crippen LogP contribution in [-0.4, -0.2) is 43.0 Å². The number of amides is 2. The molecular formula is C17H26N2O3. The normalized spacial score (nSPS) is 10.4. The second-order valence-electron chi connectivity index (χ2n) is 5.48. The molecule has 0 spiro atoms. The third-order valence-electron chi connectivity index (χ3n) is 3.31. The monoisotopic (exact) mass is 306 g/mol. The molecule has 0 aliphatic carbocycles. The number of hydrogen-bond acceptors (Lipinski definition) is 3. The quantitative estimate of drug-likeness (QED) is 0.799. The van der Waals surface area contributed by atoms with Crippen LogP contribution < -0.4 is 10.1 Å². The van der Waals surface area contributed by atoms with E-state index in [0.29, 0.717) is 19.4 Å². The molecule has 0 saturated carbocycles. The number of nitrogens with one attached hydrogen (secondary N) is 1. The number of ether oxygens (including phenoxy) is 1. The van der Waals surface area contributed by atoms with Crippen LogP contribution in [0.15, 0.2) is 24.3 Å². The highest BCUT2D eigenvalue weighted by molar-refractivity contribution is 5.85. The van der Waals surface area contributed by atoms with Crippen molar-refractivity contribution in [2.24, 2.45) is 0 Å². The summed E-state index contributed by atoms with van der Waals surface area (Å²) < 4.78 is 5.11. The Morgan fingerprint density at radius 2 is 1.86 bits per heavy atom. The predicted octanol–water partition coefficient (Wildman–Crippen LogP) is 2.00. The SMILES string of the molecule is CCN(CC(=O)NC(C)C)C(=O)CCc1ccc(OC)cc1. The summed E-state index contributed by atoms with van der Waals surface area (Å²) in [5.41, 5.74) is 1.08. The molecule has 0 atom stereocenters. The number of aryl methyl sites for hydroxylation is 1. The average Bonchev–Trinajstić information content (AvgIpc) is 2.50. The van der Waals surface area contributed by atoms with E-state index in [1.165, 1.54) is 0 Å². The van der Waals surface area contributed by atoms with E-state index in [1.54, 1.807) is 12.0 Å². The molecule has 1 N–H and O–H groups in total. The van der Waals surface area contributed by atoms with Gasteiger partial charge in [-0.1, -0.05) is 12.1 Å². The Bertz CT molecular complexity index is 483. The van der Waals surface area contributed by atoms with Crippen molar-refractivity contribution in [3.63, 3.8) is 0 Å². The van der Waals surface area contributed by atoms with Crippen molar-refractivity contribution in [2.75, 3.05) is 20.2 Å². The van der Waals surface area contributed by atoms with Gasteiger partial charge in [-0.05, 0) is 44.9 Å². The van der Waals surface area contributed by atoms with Gasteiger partial charge in [0, 0.05) is 19.0 Å². The molecule has 22 heavy (non-hydrogen) atoms. The molecule has 1 rings (SSSR count). The van der Waals surface area contributed by atoms with Gasteiger partial charge in [0.25, 0.3) is 0 Å². The van der Waals surface area contributed by atoms with Gasteiger partial charge in [0.15, 0.2) is 0 Å². The molecular weight excluding hydrogens is 280 g/mol. The Hall–Kier alpha value is -2.04. The van der Waals surface area contributed by atoms with E-state index in [-0.39, 0.29) is 24.4 Å². The lowest BCUT2D eigenvalue weighted by molar-refractivity contribution is -0.136. The first-order valence-corrected chi connectivity index (χ1v) is 7.66. The molecule has 1 aromatic rings. The maximum absolute atomic E-state index is 12.2. The van der Waals surface area contributed by atoms with E-state index in [4.69, 9.17) is 4.74 Å². The molecule has 0 saturated heterocycles. The molecule has 5 heteroatoms. The van der Waals surface area contributed by atoms with E-state index < -0.39 is 0 Å². The number of rotatable bonds is 8. The van der Waals surface area contributed by atoms with Crippen LogP contribution in [0.1, 0.15) is 32.8 Å². The molecule has 0 radical (unpaired) electrons. The number of methoxy groups -OCH3 is 1. The Labute approximate surface area is 132 Å². The molecule has 5 nitrogen and oxygen atoms in total. The highest BCUT2D eigenvalue weighted by atomic mass is 16.5. The van der Waals surface area contributed by atoms with Crippen LogP contribution in [0.4, 0.5) is 0 Å². The van der Waals surface area contributed by atoms with Crippen LogP contribution >= 0.6 is 0 Å². The summed E-state index contributed by atoms with van der Waals surface area (Å²) in [6, 6.07) is 7.75. The van der Waals surface area contributed by atoms with Gasteiger partial charge in [-0.2, -0.15) is 0 Å². The van der Waals surface area contributed by atoms with Crippen molar-refractivity contribution in [1.29, 1.82) is 0 Å². The van der Waals surface area contributed by atoms with Gasteiger partial charge in [-0.3, -0.25) is 9.59 Å². The zero-order valence-electron chi connectivity index (χ0n) is 13.9. The number of hydrogen-bond donors (Lipinski definition) is 1. The fourth-order valence-electron chi connectivity index (χ4n) is 2.12. The summed E-state index contributed by atoms with van der Waals surface area (Å²) >= 11 is 0. The van der Waals surface area contributed by atoms with E-state index in [1.807, 2.05) is 45.0 Å². The third-order valence-corrected chi connectivity index (χ3v) is 3.31. The van der Waals surface area contributed by atoms with E-state index in [9.17, 15) is 9.59 Å². The maximum Gasteiger partial charge on any atom is 0.239 e. The summed E-state index contributed by atoms with van der Waals surface area (Å²) in [4.78, 5) is 25.6. The van der Waals surface area contributed by atoms with E-state index in [2.05, 4.69) is 5.32 Å². The fourth-order valence-corrected chi connectivity index (χ4v) is 2.12. The van der Waals surface area contributed by atoms with Crippen molar-refractivity contribution >= 4 is 11.8 Å². The predicted molar refractivity (Wildman–Crippen MR) is 86.8 cm³/mol. The Morgan fingerprint density at radius 1 is 1.23 bits per heavy atom. The summed E-state index contributed by atoms with van der Waals surface area (Å²) in [6.45, 7) is 6.34. The highest BCUT2D eigenvalue weighted by Gasteiger charge is 2.15. The van der Waals surface area contributed by atoms with Crippen LogP contribution in [0.2, 0.25) is 0 Å². The summed E-state index contributed by atoms with van der Waals surface area (Å²) in [6.07, 6.45) is 1.06. The number of carbonyl (C=O) groups excluding carboxylic acids is 2. The fraction of sp³-hybridized carbons (Fsp3) is 0.529. The van der Waals surface area contributed by atoms with Crippen molar-refractivity contribution in [2.45, 2.75) is 39.7 Å². The molecule has 0 unspecified atom stereocenters. The van der Waals surface area contributed by atoms with Gasteiger partial charge in [-0.25, -0.2) is 0 Å². The molecule has 2 amide bonds. The van der Waals surface area contributed by atoms with Crippen LogP contribution in [0, 0.1) is 0 Å². The minimum absolute atomic E-state index is 0.00257. The first-order valence-electron chi connectivity index (χ1n) is 7.66. The van der Waals surface area contributed by atoms with Crippen molar-refractivity contribution in [1.82, 2.24) is 10.2 Å². The average molecular weight is 306 g/mol. The molecule has 0 bridgehead atoms. The van der Waals surface area contributed by atoms with E-state index in [0.717, 1.165) is 11.3 Å². The summed E-state index contributed by atoms with van der Waals surface area (Å²) in [7, 11) is 1.62. The van der Waals surface area contributed by atoms with Gasteiger partial charge >= 0.3 is 0 Å². The second kappa shape index (κ2) is 9.07. The lowest BCUT2D eigenvalue weighted by Crippen LogP contribution is -2.42. The zero-order valence-corrected chi connectivity index (χ0v) is 13.9. The van der Waals surface area contributed by atoms with E-state index >= 15 is 0 Å². The van der Waals surface area contributed by atoms with Gasteiger partial charge in [0.2, 0.25) is 11.8 Å².